The van der Waals surface area contributed by atoms with Gasteiger partial charge in [-0.1, -0.05) is 146 Å². The maximum Gasteiger partial charge on any atom is 0.165 e. The number of nitriles is 2. The SMILES string of the molecule is N#Cc1ccc(-c2c(-n3c4ccccc4c4ccccc43)c(-n3c4c(c5ccccc53)=CCCC=4)nc(-n3c4ccccc4c4ccccc43)c2-n2c3ccccc3c3ccccc32)cc1C#N. The summed E-state index contributed by atoms with van der Waals surface area (Å²) in [5.74, 6) is 1.46. The van der Waals surface area contributed by atoms with Gasteiger partial charge in [-0.05, 0) is 73.0 Å². The summed E-state index contributed by atoms with van der Waals surface area (Å²) in [6.45, 7) is 0. The Hall–Kier alpha value is -9.43. The van der Waals surface area contributed by atoms with Gasteiger partial charge in [0.2, 0.25) is 0 Å². The van der Waals surface area contributed by atoms with Crippen molar-refractivity contribution < 1.29 is 0 Å². The minimum atomic E-state index is 0.301. The molecular weight excluding hydrogens is 831 g/mol. The van der Waals surface area contributed by atoms with Crippen LogP contribution in [0.15, 0.2) is 188 Å². The van der Waals surface area contributed by atoms with Crippen LogP contribution in [0.5, 0.6) is 0 Å². The lowest BCUT2D eigenvalue weighted by Crippen LogP contribution is -2.31. The van der Waals surface area contributed by atoms with Crippen molar-refractivity contribution in [1.29, 1.82) is 10.5 Å². The van der Waals surface area contributed by atoms with E-state index in [1.165, 1.54) is 5.22 Å². The molecular formula is C61H37N7. The lowest BCUT2D eigenvalue weighted by molar-refractivity contribution is 0.923. The fourth-order valence-electron chi connectivity index (χ4n) is 11.3. The highest BCUT2D eigenvalue weighted by molar-refractivity contribution is 6.14. The van der Waals surface area contributed by atoms with Gasteiger partial charge in [-0.2, -0.15) is 10.5 Å². The van der Waals surface area contributed by atoms with Gasteiger partial charge >= 0.3 is 0 Å². The monoisotopic (exact) mass is 867 g/mol. The lowest BCUT2D eigenvalue weighted by atomic mass is 9.96. The normalized spacial score (nSPS) is 12.5. The second-order valence-electron chi connectivity index (χ2n) is 17.6. The molecule has 68 heavy (non-hydrogen) atoms. The van der Waals surface area contributed by atoms with E-state index < -0.39 is 0 Å². The van der Waals surface area contributed by atoms with Gasteiger partial charge < -0.3 is 9.13 Å². The van der Waals surface area contributed by atoms with Gasteiger partial charge in [0.25, 0.3) is 0 Å². The van der Waals surface area contributed by atoms with Crippen LogP contribution in [0.1, 0.15) is 24.0 Å². The van der Waals surface area contributed by atoms with E-state index in [2.05, 4.69) is 212 Å². The molecule has 14 rings (SSSR count). The van der Waals surface area contributed by atoms with E-state index in [-0.39, 0.29) is 0 Å². The number of rotatable bonds is 5. The van der Waals surface area contributed by atoms with Crippen molar-refractivity contribution in [2.45, 2.75) is 12.8 Å². The van der Waals surface area contributed by atoms with Gasteiger partial charge in [-0.25, -0.2) is 4.98 Å². The fraction of sp³-hybridized carbons (Fsp3) is 0.0328. The number of benzene rings is 8. The third-order valence-corrected chi connectivity index (χ3v) is 14.1. The summed E-state index contributed by atoms with van der Waals surface area (Å²) in [6, 6.07) is 70.8. The molecule has 0 atom stereocenters. The zero-order valence-corrected chi connectivity index (χ0v) is 36.6. The number of fused-ring (bicyclic) bond motifs is 12. The van der Waals surface area contributed by atoms with E-state index in [0.717, 1.165) is 129 Å². The zero-order chi connectivity index (χ0) is 45.0. The highest BCUT2D eigenvalue weighted by atomic mass is 15.2. The van der Waals surface area contributed by atoms with E-state index in [9.17, 15) is 10.5 Å². The van der Waals surface area contributed by atoms with Gasteiger partial charge in [0.1, 0.15) is 23.5 Å². The first-order chi connectivity index (χ1) is 33.7. The van der Waals surface area contributed by atoms with Crippen molar-refractivity contribution in [3.8, 4) is 46.3 Å². The van der Waals surface area contributed by atoms with Crippen molar-refractivity contribution in [3.05, 3.63) is 210 Å². The predicted octanol–water partition coefficient (Wildman–Crippen LogP) is 13.1. The standard InChI is InChI=1S/C61H37N7/c62-36-39-34-33-38(35-40(39)37-63)57-58(65-49-25-9-1-17-41(49)42-18-2-10-26-50(42)65)60(67-53-29-13-5-21-45(53)46-22-6-14-30-54(46)67)64-61(68-55-31-15-7-23-47(55)48-24-8-16-32-56(48)68)59(57)66-51-27-11-3-19-43(51)44-20-4-12-28-52(44)66/h1-7,9-15,17-35H,8,16H2. The Morgan fingerprint density at radius 2 is 0.735 bits per heavy atom. The van der Waals surface area contributed by atoms with Crippen LogP contribution in [-0.4, -0.2) is 23.3 Å². The van der Waals surface area contributed by atoms with Crippen LogP contribution >= 0.6 is 0 Å². The van der Waals surface area contributed by atoms with Gasteiger partial charge in [-0.3, -0.25) is 9.13 Å². The van der Waals surface area contributed by atoms with Crippen molar-refractivity contribution >= 4 is 88.5 Å². The van der Waals surface area contributed by atoms with E-state index >= 15 is 0 Å². The number of para-hydroxylation sites is 7. The van der Waals surface area contributed by atoms with Crippen LogP contribution in [0, 0.1) is 22.7 Å². The number of pyridine rings is 1. The van der Waals surface area contributed by atoms with Gasteiger partial charge in [0.05, 0.1) is 55.1 Å². The van der Waals surface area contributed by atoms with Gasteiger partial charge in [0, 0.05) is 48.5 Å². The summed E-state index contributed by atoms with van der Waals surface area (Å²) < 4.78 is 9.51. The Morgan fingerprint density at radius 3 is 1.18 bits per heavy atom. The van der Waals surface area contributed by atoms with Crippen LogP contribution in [0.3, 0.4) is 0 Å². The Bertz CT molecular complexity index is 4380. The van der Waals surface area contributed by atoms with Crippen LogP contribution in [0.4, 0.5) is 0 Å². The molecule has 0 N–H and O–H groups in total. The maximum atomic E-state index is 10.9. The molecule has 0 radical (unpaired) electrons. The molecule has 0 aliphatic heterocycles. The molecule has 5 heterocycles. The topological polar surface area (TPSA) is 80.2 Å². The Labute approximate surface area is 389 Å². The highest BCUT2D eigenvalue weighted by Crippen LogP contribution is 2.48. The molecule has 0 unspecified atom stereocenters. The molecule has 0 spiro atoms. The zero-order valence-electron chi connectivity index (χ0n) is 36.6. The van der Waals surface area contributed by atoms with Crippen LogP contribution in [0.2, 0.25) is 0 Å². The van der Waals surface area contributed by atoms with Crippen molar-refractivity contribution in [2.75, 3.05) is 0 Å². The van der Waals surface area contributed by atoms with Crippen LogP contribution in [-0.2, 0) is 0 Å². The fourth-order valence-corrected chi connectivity index (χ4v) is 11.3. The minimum absolute atomic E-state index is 0.301. The first-order valence-electron chi connectivity index (χ1n) is 23.0. The molecule has 0 saturated carbocycles. The third-order valence-electron chi connectivity index (χ3n) is 14.1. The highest BCUT2D eigenvalue weighted by Gasteiger charge is 2.32. The predicted molar refractivity (Wildman–Crippen MR) is 276 cm³/mol. The summed E-state index contributed by atoms with van der Waals surface area (Å²) in [6.07, 6.45) is 6.57. The number of hydrogen-bond donors (Lipinski definition) is 0. The molecule has 7 nitrogen and oxygen atoms in total. The average molecular weight is 868 g/mol. The van der Waals surface area contributed by atoms with Crippen molar-refractivity contribution in [1.82, 2.24) is 23.3 Å². The Balaban J connectivity index is 1.34. The van der Waals surface area contributed by atoms with Crippen LogP contribution < -0.4 is 10.6 Å². The van der Waals surface area contributed by atoms with Crippen molar-refractivity contribution in [2.24, 2.45) is 0 Å². The van der Waals surface area contributed by atoms with Crippen LogP contribution in [0.25, 0.3) is 123 Å². The summed E-state index contributed by atoms with van der Waals surface area (Å²) in [4.78, 5) is 6.25. The van der Waals surface area contributed by atoms with Gasteiger partial charge in [-0.15, -0.1) is 0 Å². The second-order valence-corrected chi connectivity index (χ2v) is 17.6. The van der Waals surface area contributed by atoms with E-state index in [1.54, 1.807) is 6.07 Å². The molecule has 0 amide bonds. The molecule has 1 aliphatic rings. The Kier molecular flexibility index (Phi) is 8.10. The smallest absolute Gasteiger partial charge is 0.165 e. The largest absolute Gasteiger partial charge is 0.305 e. The molecule has 8 aromatic carbocycles. The minimum Gasteiger partial charge on any atom is -0.305 e. The first kappa shape index (κ1) is 37.9. The maximum absolute atomic E-state index is 10.9. The molecule has 0 saturated heterocycles. The molecule has 316 valence electrons. The molecule has 1 aliphatic carbocycles. The van der Waals surface area contributed by atoms with E-state index in [4.69, 9.17) is 4.98 Å². The molecule has 13 aromatic rings. The molecule has 5 aromatic heterocycles. The molecule has 0 fully saturated rings. The first-order valence-corrected chi connectivity index (χ1v) is 23.0. The van der Waals surface area contributed by atoms with Gasteiger partial charge in [0.15, 0.2) is 11.6 Å². The van der Waals surface area contributed by atoms with E-state index in [1.807, 2.05) is 12.1 Å². The summed E-state index contributed by atoms with van der Waals surface area (Å²) in [5, 5.41) is 31.4. The number of aromatic nitrogens is 5. The second kappa shape index (κ2) is 14.5. The molecule has 0 bridgehead atoms. The average Bonchev–Trinajstić information content (AvgIpc) is 4.13. The summed E-state index contributed by atoms with van der Waals surface area (Å²) >= 11 is 0. The number of nitrogens with zero attached hydrogens (tertiary/aromatic N) is 7. The van der Waals surface area contributed by atoms with E-state index in [0.29, 0.717) is 11.1 Å². The quantitative estimate of drug-likeness (QED) is 0.173. The third kappa shape index (κ3) is 5.18. The summed E-state index contributed by atoms with van der Waals surface area (Å²) in [7, 11) is 0. The lowest BCUT2D eigenvalue weighted by Gasteiger charge is -2.27. The Morgan fingerprint density at radius 1 is 0.368 bits per heavy atom. The number of hydrogen-bond acceptors (Lipinski definition) is 3. The van der Waals surface area contributed by atoms with Crippen molar-refractivity contribution in [3.63, 3.8) is 0 Å². The molecule has 7 heteroatoms. The summed E-state index contributed by atoms with van der Waals surface area (Å²) in [5.41, 5.74) is 11.1.